The molecule has 2 N–H and O–H groups in total. The molecular formula is C10H16N2. The lowest BCUT2D eigenvalue weighted by Gasteiger charge is -2.20. The average molecular weight is 164 g/mol. The van der Waals surface area contributed by atoms with Gasteiger partial charge in [0.05, 0.1) is 12.4 Å². The minimum Gasteiger partial charge on any atom is -0.390 e. The van der Waals surface area contributed by atoms with Crippen LogP contribution in [0.5, 0.6) is 0 Å². The van der Waals surface area contributed by atoms with Gasteiger partial charge >= 0.3 is 0 Å². The zero-order valence-corrected chi connectivity index (χ0v) is 7.70. The minimum absolute atomic E-state index is 0.278. The molecule has 66 valence electrons. The fourth-order valence-electron chi connectivity index (χ4n) is 1.46. The van der Waals surface area contributed by atoms with Crippen molar-refractivity contribution in [2.45, 2.75) is 26.3 Å². The van der Waals surface area contributed by atoms with E-state index in [2.05, 4.69) is 37.1 Å². The first-order valence-electron chi connectivity index (χ1n) is 4.35. The van der Waals surface area contributed by atoms with E-state index >= 15 is 0 Å². The first kappa shape index (κ1) is 9.04. The fraction of sp³-hybridized carbons (Fsp3) is 0.500. The van der Waals surface area contributed by atoms with Crippen LogP contribution in [0.3, 0.4) is 0 Å². The van der Waals surface area contributed by atoms with Crippen LogP contribution in [-0.2, 0) is 0 Å². The van der Waals surface area contributed by atoms with Crippen LogP contribution in [0.1, 0.15) is 20.3 Å². The zero-order valence-electron chi connectivity index (χ0n) is 7.70. The molecule has 12 heavy (non-hydrogen) atoms. The van der Waals surface area contributed by atoms with Crippen LogP contribution in [0.4, 0.5) is 0 Å². The third-order valence-corrected chi connectivity index (χ3v) is 2.10. The molecule has 1 unspecified atom stereocenters. The lowest BCUT2D eigenvalue weighted by molar-refractivity contribution is 0.643. The normalized spacial score (nSPS) is 23.6. The van der Waals surface area contributed by atoms with Gasteiger partial charge in [-0.1, -0.05) is 32.1 Å². The summed E-state index contributed by atoms with van der Waals surface area (Å²) in [4.78, 5) is 4.22. The van der Waals surface area contributed by atoms with Crippen molar-refractivity contribution >= 4 is 6.34 Å². The van der Waals surface area contributed by atoms with Crippen molar-refractivity contribution in [3.8, 4) is 0 Å². The first-order chi connectivity index (χ1) is 5.75. The van der Waals surface area contributed by atoms with E-state index in [1.165, 1.54) is 11.9 Å². The van der Waals surface area contributed by atoms with Gasteiger partial charge in [0, 0.05) is 0 Å². The molecule has 0 bridgehead atoms. The summed E-state index contributed by atoms with van der Waals surface area (Å²) < 4.78 is 0. The van der Waals surface area contributed by atoms with Gasteiger partial charge in [-0.05, 0) is 17.9 Å². The summed E-state index contributed by atoms with van der Waals surface area (Å²) in [6.45, 7) is 4.37. The molecule has 0 amide bonds. The maximum Gasteiger partial charge on any atom is 0.0805 e. The van der Waals surface area contributed by atoms with Crippen LogP contribution in [0, 0.1) is 5.92 Å². The Hall–Kier alpha value is -1.05. The predicted octanol–water partition coefficient (Wildman–Crippen LogP) is 1.88. The highest BCUT2D eigenvalue weighted by Crippen LogP contribution is 2.22. The highest BCUT2D eigenvalue weighted by Gasteiger charge is 2.15. The Labute approximate surface area is 73.9 Å². The second kappa shape index (κ2) is 4.10. The van der Waals surface area contributed by atoms with Crippen molar-refractivity contribution in [2.24, 2.45) is 16.6 Å². The van der Waals surface area contributed by atoms with Gasteiger partial charge in [0.1, 0.15) is 0 Å². The summed E-state index contributed by atoms with van der Waals surface area (Å²) in [6, 6.07) is 0.278. The van der Waals surface area contributed by atoms with Crippen molar-refractivity contribution in [1.82, 2.24) is 0 Å². The summed E-state index contributed by atoms with van der Waals surface area (Å²) in [5.74, 6) is 0.559. The molecule has 2 heteroatoms. The summed E-state index contributed by atoms with van der Waals surface area (Å²) in [5.41, 5.74) is 6.65. The Morgan fingerprint density at radius 3 is 3.00 bits per heavy atom. The molecule has 0 aromatic rings. The number of hydrogen-bond acceptors (Lipinski definition) is 1. The Morgan fingerprint density at radius 1 is 1.67 bits per heavy atom. The predicted molar refractivity (Wildman–Crippen MR) is 53.1 cm³/mol. The van der Waals surface area contributed by atoms with Gasteiger partial charge in [0.15, 0.2) is 0 Å². The van der Waals surface area contributed by atoms with Crippen molar-refractivity contribution < 1.29 is 0 Å². The Morgan fingerprint density at radius 2 is 2.42 bits per heavy atom. The molecule has 0 saturated carbocycles. The second-order valence-electron chi connectivity index (χ2n) is 3.30. The molecule has 0 aromatic carbocycles. The Bertz CT molecular complexity index is 224. The van der Waals surface area contributed by atoms with E-state index in [-0.39, 0.29) is 6.04 Å². The van der Waals surface area contributed by atoms with E-state index in [1.807, 2.05) is 0 Å². The maximum atomic E-state index is 5.28. The van der Waals surface area contributed by atoms with Crippen molar-refractivity contribution in [2.75, 3.05) is 0 Å². The van der Waals surface area contributed by atoms with E-state index < -0.39 is 0 Å². The van der Waals surface area contributed by atoms with Crippen molar-refractivity contribution in [3.63, 3.8) is 0 Å². The number of rotatable bonds is 2. The van der Waals surface area contributed by atoms with Gasteiger partial charge in [-0.3, -0.25) is 4.99 Å². The molecule has 0 radical (unpaired) electrons. The highest BCUT2D eigenvalue weighted by molar-refractivity contribution is 5.52. The van der Waals surface area contributed by atoms with Crippen LogP contribution < -0.4 is 5.73 Å². The molecule has 0 heterocycles. The van der Waals surface area contributed by atoms with Gasteiger partial charge in [-0.15, -0.1) is 0 Å². The molecule has 0 aliphatic heterocycles. The van der Waals surface area contributed by atoms with Gasteiger partial charge in [-0.25, -0.2) is 0 Å². The van der Waals surface area contributed by atoms with E-state index in [4.69, 9.17) is 5.73 Å². The minimum atomic E-state index is 0.278. The number of nitrogens with zero attached hydrogens (tertiary/aromatic N) is 1. The van der Waals surface area contributed by atoms with E-state index in [0.717, 1.165) is 6.42 Å². The number of hydrogen-bond donors (Lipinski definition) is 1. The quantitative estimate of drug-likeness (QED) is 0.491. The number of allylic oxidation sites excluding steroid dienone is 2. The standard InChI is InChI=1S/C10H16N2/c1-8(2)9-5-3-4-6-10(9)12-7-11/h3-5,7-8,10H,6H2,1-2H3,(H2,11,12). The third-order valence-electron chi connectivity index (χ3n) is 2.10. The largest absolute Gasteiger partial charge is 0.390 e. The Balaban J connectivity index is 2.76. The highest BCUT2D eigenvalue weighted by atomic mass is 14.8. The first-order valence-corrected chi connectivity index (χ1v) is 4.35. The van der Waals surface area contributed by atoms with E-state index in [1.54, 1.807) is 0 Å². The summed E-state index contributed by atoms with van der Waals surface area (Å²) >= 11 is 0. The van der Waals surface area contributed by atoms with Gasteiger partial charge in [0.2, 0.25) is 0 Å². The molecular weight excluding hydrogens is 148 g/mol. The smallest absolute Gasteiger partial charge is 0.0805 e. The van der Waals surface area contributed by atoms with Crippen LogP contribution in [-0.4, -0.2) is 12.4 Å². The molecule has 1 aliphatic carbocycles. The lowest BCUT2D eigenvalue weighted by atomic mass is 9.91. The van der Waals surface area contributed by atoms with Crippen molar-refractivity contribution in [3.05, 3.63) is 23.8 Å². The van der Waals surface area contributed by atoms with Crippen LogP contribution in [0.15, 0.2) is 28.8 Å². The maximum absolute atomic E-state index is 5.28. The molecule has 0 spiro atoms. The molecule has 0 fully saturated rings. The number of aliphatic imine (C=N–C) groups is 1. The summed E-state index contributed by atoms with van der Waals surface area (Å²) in [5, 5.41) is 0. The molecule has 2 nitrogen and oxygen atoms in total. The second-order valence-corrected chi connectivity index (χ2v) is 3.30. The molecule has 1 atom stereocenters. The van der Waals surface area contributed by atoms with Crippen molar-refractivity contribution in [1.29, 1.82) is 0 Å². The van der Waals surface area contributed by atoms with Crippen LogP contribution >= 0.6 is 0 Å². The van der Waals surface area contributed by atoms with Gasteiger partial charge in [0.25, 0.3) is 0 Å². The zero-order chi connectivity index (χ0) is 8.97. The van der Waals surface area contributed by atoms with Gasteiger partial charge in [-0.2, -0.15) is 0 Å². The Kier molecular flexibility index (Phi) is 3.09. The lowest BCUT2D eigenvalue weighted by Crippen LogP contribution is -2.15. The van der Waals surface area contributed by atoms with Crippen LogP contribution in [0.25, 0.3) is 0 Å². The fourth-order valence-corrected chi connectivity index (χ4v) is 1.46. The monoisotopic (exact) mass is 164 g/mol. The summed E-state index contributed by atoms with van der Waals surface area (Å²) in [7, 11) is 0. The topological polar surface area (TPSA) is 38.4 Å². The van der Waals surface area contributed by atoms with Crippen LogP contribution in [0.2, 0.25) is 0 Å². The summed E-state index contributed by atoms with van der Waals surface area (Å²) in [6.07, 6.45) is 8.75. The molecule has 0 saturated heterocycles. The molecule has 1 aliphatic rings. The molecule has 1 rings (SSSR count). The molecule has 0 aromatic heterocycles. The van der Waals surface area contributed by atoms with E-state index in [9.17, 15) is 0 Å². The van der Waals surface area contributed by atoms with E-state index in [0.29, 0.717) is 5.92 Å². The van der Waals surface area contributed by atoms with Gasteiger partial charge < -0.3 is 5.73 Å². The third kappa shape index (κ3) is 1.97. The SMILES string of the molecule is CC(C)C1=CC=CCC1N=CN. The number of nitrogens with two attached hydrogens (primary N) is 1. The average Bonchev–Trinajstić information content (AvgIpc) is 2.05.